The van der Waals surface area contributed by atoms with Crippen molar-refractivity contribution in [2.75, 3.05) is 4.31 Å². The molecule has 0 unspecified atom stereocenters. The molecule has 1 aliphatic heterocycles. The lowest BCUT2D eigenvalue weighted by Gasteiger charge is -2.24. The van der Waals surface area contributed by atoms with Crippen molar-refractivity contribution in [3.8, 4) is 22.0 Å². The van der Waals surface area contributed by atoms with E-state index in [0.717, 1.165) is 39.6 Å². The zero-order valence-corrected chi connectivity index (χ0v) is 19.2. The number of nitrogens with zero attached hydrogens (tertiary/aromatic N) is 3. The van der Waals surface area contributed by atoms with Crippen LogP contribution >= 0.6 is 11.3 Å². The highest BCUT2D eigenvalue weighted by atomic mass is 32.2. The van der Waals surface area contributed by atoms with Crippen molar-refractivity contribution in [3.05, 3.63) is 77.3 Å². The van der Waals surface area contributed by atoms with Crippen LogP contribution < -0.4 is 4.31 Å². The Morgan fingerprint density at radius 1 is 1.06 bits per heavy atom. The van der Waals surface area contributed by atoms with Gasteiger partial charge in [0.2, 0.25) is 0 Å². The third kappa shape index (κ3) is 3.20. The van der Waals surface area contributed by atoms with E-state index < -0.39 is 10.0 Å². The van der Waals surface area contributed by atoms with Crippen LogP contribution in [0.15, 0.2) is 70.9 Å². The van der Waals surface area contributed by atoms with Crippen LogP contribution in [0.25, 0.3) is 22.0 Å². The van der Waals surface area contributed by atoms with Gasteiger partial charge in [-0.2, -0.15) is 0 Å². The van der Waals surface area contributed by atoms with Crippen LogP contribution in [0.5, 0.6) is 0 Å². The van der Waals surface area contributed by atoms with Gasteiger partial charge in [0.25, 0.3) is 10.0 Å². The van der Waals surface area contributed by atoms with Crippen molar-refractivity contribution in [2.24, 2.45) is 7.05 Å². The average Bonchev–Trinajstić information content (AvgIpc) is 3.45. The lowest BCUT2D eigenvalue weighted by Crippen LogP contribution is -2.35. The Balaban J connectivity index is 1.57. The number of aromatic nitrogens is 2. The smallest absolute Gasteiger partial charge is 0.266 e. The van der Waals surface area contributed by atoms with Crippen LogP contribution in [0, 0.1) is 6.92 Å². The first kappa shape index (κ1) is 20.0. The average molecular weight is 450 g/mol. The van der Waals surface area contributed by atoms with Gasteiger partial charge in [0.05, 0.1) is 17.1 Å². The molecular formula is C24H23N3O2S2. The first-order valence-electron chi connectivity index (χ1n) is 10.2. The van der Waals surface area contributed by atoms with E-state index in [1.54, 1.807) is 10.4 Å². The number of hydrogen-bond acceptors (Lipinski definition) is 4. The van der Waals surface area contributed by atoms with Gasteiger partial charge in [-0.15, -0.1) is 11.3 Å². The number of thiazole rings is 1. The van der Waals surface area contributed by atoms with E-state index >= 15 is 0 Å². The van der Waals surface area contributed by atoms with Gasteiger partial charge in [-0.1, -0.05) is 48.5 Å². The Morgan fingerprint density at radius 2 is 1.77 bits per heavy atom. The molecule has 2 aromatic heterocycles. The van der Waals surface area contributed by atoms with Crippen molar-refractivity contribution in [3.63, 3.8) is 0 Å². The first-order chi connectivity index (χ1) is 14.9. The SMILES string of the molecule is Cc1c(S(=O)(=O)N2c3ccccc3C[C@@H]2C)cc(-c2nc(-c3ccccc3)cs2)n1C. The van der Waals surface area contributed by atoms with Crippen molar-refractivity contribution in [1.29, 1.82) is 0 Å². The van der Waals surface area contributed by atoms with Crippen LogP contribution in [0.3, 0.4) is 0 Å². The van der Waals surface area contributed by atoms with Crippen molar-refractivity contribution in [1.82, 2.24) is 9.55 Å². The highest BCUT2D eigenvalue weighted by Gasteiger charge is 2.37. The van der Waals surface area contributed by atoms with Crippen LogP contribution in [-0.2, 0) is 23.5 Å². The van der Waals surface area contributed by atoms with Gasteiger partial charge in [0.1, 0.15) is 9.90 Å². The Morgan fingerprint density at radius 3 is 2.55 bits per heavy atom. The second kappa shape index (κ2) is 7.35. The molecule has 3 heterocycles. The predicted molar refractivity (Wildman–Crippen MR) is 126 cm³/mol. The molecule has 4 aromatic rings. The molecule has 7 heteroatoms. The van der Waals surface area contributed by atoms with Crippen LogP contribution in [-0.4, -0.2) is 24.0 Å². The lowest BCUT2D eigenvalue weighted by molar-refractivity contribution is 0.583. The van der Waals surface area contributed by atoms with Crippen molar-refractivity contribution >= 4 is 27.0 Å². The van der Waals surface area contributed by atoms with E-state index in [4.69, 9.17) is 4.98 Å². The molecule has 5 rings (SSSR count). The molecule has 0 amide bonds. The largest absolute Gasteiger partial charge is 0.345 e. The van der Waals surface area contributed by atoms with E-state index in [9.17, 15) is 8.42 Å². The Bertz CT molecular complexity index is 1370. The molecule has 0 bridgehead atoms. The number of hydrogen-bond donors (Lipinski definition) is 0. The van der Waals surface area contributed by atoms with E-state index in [0.29, 0.717) is 10.6 Å². The number of fused-ring (bicyclic) bond motifs is 1. The van der Waals surface area contributed by atoms with Crippen LogP contribution in [0.1, 0.15) is 18.2 Å². The predicted octanol–water partition coefficient (Wildman–Crippen LogP) is 5.26. The number of para-hydroxylation sites is 1. The van der Waals surface area contributed by atoms with Crippen LogP contribution in [0.2, 0.25) is 0 Å². The summed E-state index contributed by atoms with van der Waals surface area (Å²) in [5.74, 6) is 0. The standard InChI is InChI=1S/C24H23N3O2S2/c1-16-13-19-11-7-8-12-21(19)27(16)31(28,29)23-14-22(26(3)17(23)2)24-25-20(15-30-24)18-9-5-4-6-10-18/h4-12,14-16H,13H2,1-3H3/t16-/m0/s1. The van der Waals surface area contributed by atoms with Gasteiger partial charge in [0.15, 0.2) is 0 Å². The lowest BCUT2D eigenvalue weighted by atomic mass is 10.1. The molecule has 0 saturated carbocycles. The zero-order valence-electron chi connectivity index (χ0n) is 17.6. The first-order valence-corrected chi connectivity index (χ1v) is 12.5. The summed E-state index contributed by atoms with van der Waals surface area (Å²) in [6.07, 6.45) is 0.723. The topological polar surface area (TPSA) is 55.2 Å². The van der Waals surface area contributed by atoms with Gasteiger partial charge in [0, 0.05) is 29.7 Å². The maximum Gasteiger partial charge on any atom is 0.266 e. The summed E-state index contributed by atoms with van der Waals surface area (Å²) >= 11 is 1.53. The maximum absolute atomic E-state index is 13.7. The summed E-state index contributed by atoms with van der Waals surface area (Å²) in [6, 6.07) is 19.4. The molecule has 158 valence electrons. The molecule has 1 aliphatic rings. The summed E-state index contributed by atoms with van der Waals surface area (Å²) in [7, 11) is -1.80. The summed E-state index contributed by atoms with van der Waals surface area (Å²) < 4.78 is 31.0. The van der Waals surface area contributed by atoms with E-state index in [1.165, 1.54) is 11.3 Å². The highest BCUT2D eigenvalue weighted by molar-refractivity contribution is 7.93. The Kier molecular flexibility index (Phi) is 4.75. The monoisotopic (exact) mass is 449 g/mol. The second-order valence-corrected chi connectivity index (χ2v) is 10.6. The summed E-state index contributed by atoms with van der Waals surface area (Å²) in [6.45, 7) is 3.82. The van der Waals surface area contributed by atoms with Gasteiger partial charge >= 0.3 is 0 Å². The van der Waals surface area contributed by atoms with Gasteiger partial charge in [-0.3, -0.25) is 4.31 Å². The molecule has 5 nitrogen and oxygen atoms in total. The molecule has 0 saturated heterocycles. The third-order valence-electron chi connectivity index (χ3n) is 5.96. The minimum absolute atomic E-state index is 0.116. The number of benzene rings is 2. The number of rotatable bonds is 4. The third-order valence-corrected chi connectivity index (χ3v) is 8.87. The zero-order chi connectivity index (χ0) is 21.8. The van der Waals surface area contributed by atoms with Crippen molar-refractivity contribution in [2.45, 2.75) is 31.2 Å². The fourth-order valence-electron chi connectivity index (χ4n) is 4.28. The van der Waals surface area contributed by atoms with Gasteiger partial charge < -0.3 is 4.57 Å². The van der Waals surface area contributed by atoms with E-state index in [1.807, 2.05) is 85.4 Å². The fraction of sp³-hybridized carbons (Fsp3) is 0.208. The number of anilines is 1. The summed E-state index contributed by atoms with van der Waals surface area (Å²) in [5.41, 5.74) is 5.31. The van der Waals surface area contributed by atoms with Gasteiger partial charge in [-0.05, 0) is 38.0 Å². The molecule has 1 atom stereocenters. The maximum atomic E-state index is 13.7. The minimum atomic E-state index is -3.70. The Labute approximate surface area is 186 Å². The van der Waals surface area contributed by atoms with E-state index in [-0.39, 0.29) is 6.04 Å². The van der Waals surface area contributed by atoms with E-state index in [2.05, 4.69) is 0 Å². The molecule has 0 fully saturated rings. The minimum Gasteiger partial charge on any atom is -0.345 e. The van der Waals surface area contributed by atoms with Crippen LogP contribution in [0.4, 0.5) is 5.69 Å². The fourth-order valence-corrected chi connectivity index (χ4v) is 7.13. The number of sulfonamides is 1. The van der Waals surface area contributed by atoms with Crippen molar-refractivity contribution < 1.29 is 8.42 Å². The summed E-state index contributed by atoms with van der Waals surface area (Å²) in [4.78, 5) is 5.12. The molecule has 0 radical (unpaired) electrons. The molecule has 0 spiro atoms. The molecular weight excluding hydrogens is 426 g/mol. The normalized spacial score (nSPS) is 16.0. The molecule has 0 N–H and O–H groups in total. The second-order valence-electron chi connectivity index (χ2n) is 7.92. The quantitative estimate of drug-likeness (QED) is 0.427. The molecule has 0 aliphatic carbocycles. The highest BCUT2D eigenvalue weighted by Crippen LogP contribution is 2.39. The summed E-state index contributed by atoms with van der Waals surface area (Å²) in [5, 5.41) is 2.82. The Hall–Kier alpha value is -2.90. The molecule has 31 heavy (non-hydrogen) atoms. The van der Waals surface area contributed by atoms with Gasteiger partial charge in [-0.25, -0.2) is 13.4 Å². The molecule has 2 aromatic carbocycles.